The third kappa shape index (κ3) is 4.37. The van der Waals surface area contributed by atoms with Crippen molar-refractivity contribution in [2.75, 3.05) is 0 Å². The lowest BCUT2D eigenvalue weighted by Gasteiger charge is -2.35. The lowest BCUT2D eigenvalue weighted by Crippen LogP contribution is -2.40. The highest BCUT2D eigenvalue weighted by Crippen LogP contribution is 2.49. The predicted octanol–water partition coefficient (Wildman–Crippen LogP) is 4.39. The highest BCUT2D eigenvalue weighted by Gasteiger charge is 2.47. The molecule has 4 rings (SSSR count). The second kappa shape index (κ2) is 8.02. The van der Waals surface area contributed by atoms with Crippen LogP contribution in [0, 0.1) is 0 Å². The molecule has 3 atom stereocenters. The minimum absolute atomic E-state index is 0.201. The van der Waals surface area contributed by atoms with Gasteiger partial charge in [0.05, 0.1) is 42.3 Å². The van der Waals surface area contributed by atoms with Crippen LogP contribution in [0.25, 0.3) is 0 Å². The van der Waals surface area contributed by atoms with Crippen LogP contribution in [-0.4, -0.2) is 52.7 Å². The maximum atomic E-state index is 13.3. The van der Waals surface area contributed by atoms with Crippen LogP contribution in [0.4, 0.5) is 9.59 Å². The third-order valence-corrected chi connectivity index (χ3v) is 6.23. The Bertz CT molecular complexity index is 1110. The number of fused-ring (bicyclic) bond motifs is 2. The summed E-state index contributed by atoms with van der Waals surface area (Å²) in [6.07, 6.45) is 3.45. The Morgan fingerprint density at radius 1 is 1.00 bits per heavy atom. The predicted molar refractivity (Wildman–Crippen MR) is 125 cm³/mol. The molecular formula is C24H36N6O4. The molecule has 0 aromatic carbocycles. The maximum absolute atomic E-state index is 13.3. The van der Waals surface area contributed by atoms with E-state index < -0.39 is 11.2 Å². The average Bonchev–Trinajstić information content (AvgIpc) is 3.37. The molecule has 2 aromatic rings. The van der Waals surface area contributed by atoms with Gasteiger partial charge in [-0.05, 0) is 54.9 Å². The molecule has 0 fully saturated rings. The van der Waals surface area contributed by atoms with Crippen LogP contribution < -0.4 is 0 Å². The number of nitrogens with zero attached hydrogens (tertiary/aromatic N) is 6. The van der Waals surface area contributed by atoms with Crippen molar-refractivity contribution < 1.29 is 19.1 Å². The van der Waals surface area contributed by atoms with E-state index >= 15 is 0 Å². The lowest BCUT2D eigenvalue weighted by atomic mass is 10.00. The van der Waals surface area contributed by atoms with Gasteiger partial charge in [0.1, 0.15) is 11.2 Å². The number of aromatic nitrogens is 4. The smallest absolute Gasteiger partial charge is 0.411 e. The summed E-state index contributed by atoms with van der Waals surface area (Å²) >= 11 is 0. The Balaban J connectivity index is 1.71. The van der Waals surface area contributed by atoms with E-state index in [0.29, 0.717) is 13.0 Å². The van der Waals surface area contributed by atoms with Crippen molar-refractivity contribution in [2.45, 2.75) is 90.8 Å². The minimum atomic E-state index is -0.627. The Labute approximate surface area is 200 Å². The Morgan fingerprint density at radius 3 is 2.24 bits per heavy atom. The molecule has 0 bridgehead atoms. The molecule has 0 N–H and O–H groups in total. The van der Waals surface area contributed by atoms with Gasteiger partial charge in [0.15, 0.2) is 0 Å². The first kappa shape index (κ1) is 24.1. The standard InChI is InChI=1S/C24H36N6O4/c1-14-16-12-27(8)26-20(16)18(30(14)22(32)34-24(5,6)7)10-17-15-11-25-28(9)19(15)13-29(17)21(31)33-23(2,3)4/h11-12,14,17-18H,10,13H2,1-9H3. The molecule has 0 saturated carbocycles. The van der Waals surface area contributed by atoms with Crippen LogP contribution >= 0.6 is 0 Å². The van der Waals surface area contributed by atoms with Gasteiger partial charge in [-0.15, -0.1) is 0 Å². The summed E-state index contributed by atoms with van der Waals surface area (Å²) in [7, 11) is 3.75. The van der Waals surface area contributed by atoms with E-state index in [-0.39, 0.29) is 30.3 Å². The highest BCUT2D eigenvalue weighted by molar-refractivity contribution is 5.72. The van der Waals surface area contributed by atoms with Crippen molar-refractivity contribution in [3.63, 3.8) is 0 Å². The largest absolute Gasteiger partial charge is 0.444 e. The molecule has 0 aliphatic carbocycles. The van der Waals surface area contributed by atoms with Gasteiger partial charge >= 0.3 is 12.2 Å². The normalized spacial score (nSPS) is 22.1. The summed E-state index contributed by atoms with van der Waals surface area (Å²) in [6.45, 7) is 13.5. The molecule has 2 aromatic heterocycles. The molecular weight excluding hydrogens is 436 g/mol. The molecule has 0 spiro atoms. The van der Waals surface area contributed by atoms with E-state index in [1.165, 1.54) is 0 Å². The number of rotatable bonds is 2. The minimum Gasteiger partial charge on any atom is -0.444 e. The fraction of sp³-hybridized carbons (Fsp3) is 0.667. The molecule has 10 nitrogen and oxygen atoms in total. The fourth-order valence-corrected chi connectivity index (χ4v) is 4.85. The van der Waals surface area contributed by atoms with Gasteiger partial charge in [0, 0.05) is 31.4 Å². The summed E-state index contributed by atoms with van der Waals surface area (Å²) in [5, 5.41) is 9.11. The molecule has 2 amide bonds. The number of carbonyl (C=O) groups is 2. The summed E-state index contributed by atoms with van der Waals surface area (Å²) in [5.41, 5.74) is 2.52. The van der Waals surface area contributed by atoms with Crippen LogP contribution in [0.2, 0.25) is 0 Å². The van der Waals surface area contributed by atoms with Gasteiger partial charge in [0.2, 0.25) is 0 Å². The quantitative estimate of drug-likeness (QED) is 0.643. The van der Waals surface area contributed by atoms with Crippen LogP contribution in [-0.2, 0) is 30.1 Å². The number of aryl methyl sites for hydroxylation is 2. The van der Waals surface area contributed by atoms with Crippen LogP contribution in [0.3, 0.4) is 0 Å². The van der Waals surface area contributed by atoms with Crippen LogP contribution in [0.15, 0.2) is 12.4 Å². The van der Waals surface area contributed by atoms with Gasteiger partial charge < -0.3 is 9.47 Å². The zero-order chi connectivity index (χ0) is 25.2. The summed E-state index contributed by atoms with van der Waals surface area (Å²) in [5.74, 6) is 0. The zero-order valence-electron chi connectivity index (χ0n) is 21.6. The van der Waals surface area contributed by atoms with Gasteiger partial charge in [0.25, 0.3) is 0 Å². The second-order valence-electron chi connectivity index (χ2n) is 11.3. The number of ether oxygens (including phenoxy) is 2. The van der Waals surface area contributed by atoms with E-state index in [1.54, 1.807) is 25.4 Å². The summed E-state index contributed by atoms with van der Waals surface area (Å²) < 4.78 is 15.1. The molecule has 2 aliphatic heterocycles. The van der Waals surface area contributed by atoms with E-state index in [4.69, 9.17) is 14.6 Å². The molecule has 0 radical (unpaired) electrons. The van der Waals surface area contributed by atoms with Crippen molar-refractivity contribution in [1.82, 2.24) is 29.4 Å². The molecule has 2 aliphatic rings. The van der Waals surface area contributed by atoms with Crippen LogP contribution in [0.1, 0.15) is 95.5 Å². The summed E-state index contributed by atoms with van der Waals surface area (Å²) in [4.78, 5) is 30.0. The van der Waals surface area contributed by atoms with Crippen LogP contribution in [0.5, 0.6) is 0 Å². The zero-order valence-corrected chi connectivity index (χ0v) is 21.6. The summed E-state index contributed by atoms with van der Waals surface area (Å²) in [6, 6.07) is -0.871. The average molecular weight is 473 g/mol. The van der Waals surface area contributed by atoms with Crippen molar-refractivity contribution in [3.05, 3.63) is 34.9 Å². The fourth-order valence-electron chi connectivity index (χ4n) is 4.85. The Hall–Kier alpha value is -3.04. The topological polar surface area (TPSA) is 94.7 Å². The first-order chi connectivity index (χ1) is 15.7. The van der Waals surface area contributed by atoms with E-state index in [0.717, 1.165) is 22.5 Å². The SMILES string of the molecule is CC1c2cn(C)nc2C(CC2c3cnn(C)c3CN2C(=O)OC(C)(C)C)N1C(=O)OC(C)(C)C. The number of hydrogen-bond donors (Lipinski definition) is 0. The molecule has 3 unspecified atom stereocenters. The number of amides is 2. The van der Waals surface area contributed by atoms with E-state index in [9.17, 15) is 9.59 Å². The van der Waals surface area contributed by atoms with Crippen molar-refractivity contribution >= 4 is 12.2 Å². The van der Waals surface area contributed by atoms with Gasteiger partial charge in [-0.25, -0.2) is 9.59 Å². The van der Waals surface area contributed by atoms with E-state index in [1.807, 2.05) is 68.8 Å². The van der Waals surface area contributed by atoms with Gasteiger partial charge in [-0.1, -0.05) is 0 Å². The van der Waals surface area contributed by atoms with Gasteiger partial charge in [-0.2, -0.15) is 10.2 Å². The first-order valence-electron chi connectivity index (χ1n) is 11.7. The first-order valence-corrected chi connectivity index (χ1v) is 11.7. The van der Waals surface area contributed by atoms with E-state index in [2.05, 4.69) is 5.10 Å². The molecule has 10 heteroatoms. The van der Waals surface area contributed by atoms with Crippen molar-refractivity contribution in [2.24, 2.45) is 14.1 Å². The molecule has 186 valence electrons. The molecule has 4 heterocycles. The number of carbonyl (C=O) groups excluding carboxylic acids is 2. The van der Waals surface area contributed by atoms with Crippen molar-refractivity contribution in [1.29, 1.82) is 0 Å². The Morgan fingerprint density at radius 2 is 1.62 bits per heavy atom. The Kier molecular flexibility index (Phi) is 5.69. The van der Waals surface area contributed by atoms with Gasteiger partial charge in [-0.3, -0.25) is 19.2 Å². The highest BCUT2D eigenvalue weighted by atomic mass is 16.6. The molecule has 0 saturated heterocycles. The second-order valence-corrected chi connectivity index (χ2v) is 11.3. The monoisotopic (exact) mass is 472 g/mol. The third-order valence-electron chi connectivity index (χ3n) is 6.23. The van der Waals surface area contributed by atoms with Crippen molar-refractivity contribution in [3.8, 4) is 0 Å². The number of hydrogen-bond acceptors (Lipinski definition) is 6. The maximum Gasteiger partial charge on any atom is 0.411 e. The molecule has 34 heavy (non-hydrogen) atoms. The lowest BCUT2D eigenvalue weighted by molar-refractivity contribution is 0.00102.